The molecule has 0 aromatic rings. The summed E-state index contributed by atoms with van der Waals surface area (Å²) in [5.41, 5.74) is 0. The molecule has 0 fully saturated rings. The fourth-order valence-electron chi connectivity index (χ4n) is 1.60. The molecule has 0 aromatic carbocycles. The fourth-order valence-corrected chi connectivity index (χ4v) is 1.60. The normalized spacial score (nSPS) is 13.7. The minimum Gasteiger partial charge on any atom is -0.364 e. The Kier molecular flexibility index (Phi) is 8.21. The van der Waals surface area contributed by atoms with Crippen molar-refractivity contribution in [2.75, 3.05) is 13.2 Å². The van der Waals surface area contributed by atoms with Crippen molar-refractivity contribution in [3.05, 3.63) is 0 Å². The van der Waals surface area contributed by atoms with E-state index in [2.05, 4.69) is 11.7 Å². The van der Waals surface area contributed by atoms with Crippen LogP contribution >= 0.6 is 0 Å². The first-order chi connectivity index (χ1) is 7.89. The number of Topliss-reactive ketones (excluding diaryl/α,β-unsaturated/α-hetero) is 1. The number of halogens is 3. The number of carbonyl (C=O) groups excluding carboxylic acids is 1. The third-order valence-electron chi connectivity index (χ3n) is 2.59. The summed E-state index contributed by atoms with van der Waals surface area (Å²) in [6, 6.07) is 0. The van der Waals surface area contributed by atoms with Gasteiger partial charge in [0.1, 0.15) is 13.2 Å². The highest BCUT2D eigenvalue weighted by atomic mass is 19.4. The second-order valence-electron chi connectivity index (χ2n) is 4.27. The maximum Gasteiger partial charge on any atom is 0.411 e. The zero-order valence-electron chi connectivity index (χ0n) is 10.5. The number of carbonyl (C=O) groups is 1. The molecule has 5 heteroatoms. The summed E-state index contributed by atoms with van der Waals surface area (Å²) in [5.74, 6) is 0.0362. The van der Waals surface area contributed by atoms with E-state index in [0.717, 1.165) is 25.7 Å². The van der Waals surface area contributed by atoms with Crippen LogP contribution in [0.1, 0.15) is 46.0 Å². The summed E-state index contributed by atoms with van der Waals surface area (Å²) in [4.78, 5) is 11.4. The van der Waals surface area contributed by atoms with Gasteiger partial charge in [-0.1, -0.05) is 39.5 Å². The molecule has 17 heavy (non-hydrogen) atoms. The van der Waals surface area contributed by atoms with Crippen molar-refractivity contribution in [2.45, 2.75) is 52.1 Å². The highest BCUT2D eigenvalue weighted by Crippen LogP contribution is 2.18. The molecule has 0 aliphatic carbocycles. The zero-order valence-corrected chi connectivity index (χ0v) is 10.5. The predicted octanol–water partition coefficient (Wildman–Crippen LogP) is 3.74. The number of unbranched alkanes of at least 4 members (excludes halogenated alkanes) is 1. The van der Waals surface area contributed by atoms with Gasteiger partial charge in [-0.15, -0.1) is 0 Å². The van der Waals surface area contributed by atoms with Gasteiger partial charge in [-0.05, 0) is 5.92 Å². The molecule has 0 radical (unpaired) electrons. The molecule has 0 saturated heterocycles. The van der Waals surface area contributed by atoms with Gasteiger partial charge in [0, 0.05) is 6.42 Å². The number of ketones is 1. The molecule has 0 aliphatic heterocycles. The van der Waals surface area contributed by atoms with E-state index in [4.69, 9.17) is 0 Å². The Labute approximate surface area is 101 Å². The molecule has 0 spiro atoms. The first kappa shape index (κ1) is 16.4. The Morgan fingerprint density at radius 2 is 1.94 bits per heavy atom. The first-order valence-corrected chi connectivity index (χ1v) is 6.05. The minimum absolute atomic E-state index is 0.239. The summed E-state index contributed by atoms with van der Waals surface area (Å²) >= 11 is 0. The van der Waals surface area contributed by atoms with E-state index < -0.39 is 19.4 Å². The van der Waals surface area contributed by atoms with Gasteiger partial charge < -0.3 is 4.74 Å². The molecule has 102 valence electrons. The monoisotopic (exact) mass is 254 g/mol. The maximum absolute atomic E-state index is 11.8. The van der Waals surface area contributed by atoms with Crippen LogP contribution in [0.5, 0.6) is 0 Å². The van der Waals surface area contributed by atoms with E-state index in [1.807, 2.05) is 6.92 Å². The van der Waals surface area contributed by atoms with Gasteiger partial charge in [0.25, 0.3) is 0 Å². The maximum atomic E-state index is 11.8. The molecule has 0 rings (SSSR count). The molecule has 0 aromatic heterocycles. The molecule has 0 aliphatic rings. The lowest BCUT2D eigenvalue weighted by Gasteiger charge is -2.13. The molecule has 1 atom stereocenters. The molecular weight excluding hydrogens is 233 g/mol. The van der Waals surface area contributed by atoms with Crippen LogP contribution < -0.4 is 0 Å². The molecule has 2 nitrogen and oxygen atoms in total. The Morgan fingerprint density at radius 1 is 1.29 bits per heavy atom. The number of hydrogen-bond acceptors (Lipinski definition) is 2. The van der Waals surface area contributed by atoms with E-state index in [-0.39, 0.29) is 11.7 Å². The lowest BCUT2D eigenvalue weighted by atomic mass is 9.94. The first-order valence-electron chi connectivity index (χ1n) is 6.05. The summed E-state index contributed by atoms with van der Waals surface area (Å²) in [5, 5.41) is 0. The smallest absolute Gasteiger partial charge is 0.364 e. The predicted molar refractivity (Wildman–Crippen MR) is 59.8 cm³/mol. The largest absolute Gasteiger partial charge is 0.411 e. The summed E-state index contributed by atoms with van der Waals surface area (Å²) in [7, 11) is 0. The van der Waals surface area contributed by atoms with Crippen LogP contribution in [0.15, 0.2) is 0 Å². The van der Waals surface area contributed by atoms with Gasteiger partial charge >= 0.3 is 6.18 Å². The van der Waals surface area contributed by atoms with Gasteiger partial charge in [-0.2, -0.15) is 13.2 Å². The van der Waals surface area contributed by atoms with Crippen molar-refractivity contribution in [2.24, 2.45) is 5.92 Å². The average molecular weight is 254 g/mol. The van der Waals surface area contributed by atoms with Crippen LogP contribution in [0.4, 0.5) is 13.2 Å². The third kappa shape index (κ3) is 10.3. The topological polar surface area (TPSA) is 26.3 Å². The zero-order chi connectivity index (χ0) is 13.3. The van der Waals surface area contributed by atoms with Crippen molar-refractivity contribution < 1.29 is 22.7 Å². The quantitative estimate of drug-likeness (QED) is 0.626. The van der Waals surface area contributed by atoms with Crippen molar-refractivity contribution in [3.63, 3.8) is 0 Å². The van der Waals surface area contributed by atoms with Crippen molar-refractivity contribution in [1.82, 2.24) is 0 Å². The SMILES string of the molecule is CCCCC(CC)CC(=O)COCC(F)(F)F. The highest BCUT2D eigenvalue weighted by Gasteiger charge is 2.27. The van der Waals surface area contributed by atoms with Gasteiger partial charge in [-0.25, -0.2) is 0 Å². The van der Waals surface area contributed by atoms with Crippen LogP contribution in [0.2, 0.25) is 0 Å². The Bertz CT molecular complexity index is 214. The van der Waals surface area contributed by atoms with E-state index >= 15 is 0 Å². The van der Waals surface area contributed by atoms with E-state index in [9.17, 15) is 18.0 Å². The van der Waals surface area contributed by atoms with E-state index in [1.165, 1.54) is 0 Å². The van der Waals surface area contributed by atoms with Crippen LogP contribution in [-0.2, 0) is 9.53 Å². The van der Waals surface area contributed by atoms with Crippen molar-refractivity contribution in [1.29, 1.82) is 0 Å². The van der Waals surface area contributed by atoms with Gasteiger partial charge in [0.2, 0.25) is 0 Å². The third-order valence-corrected chi connectivity index (χ3v) is 2.59. The van der Waals surface area contributed by atoms with Crippen molar-refractivity contribution >= 4 is 5.78 Å². The number of ether oxygens (including phenoxy) is 1. The second-order valence-corrected chi connectivity index (χ2v) is 4.27. The van der Waals surface area contributed by atoms with Crippen molar-refractivity contribution in [3.8, 4) is 0 Å². The molecule has 0 amide bonds. The fraction of sp³-hybridized carbons (Fsp3) is 0.917. The van der Waals surface area contributed by atoms with Gasteiger partial charge in [-0.3, -0.25) is 4.79 Å². The van der Waals surface area contributed by atoms with E-state index in [1.54, 1.807) is 0 Å². The van der Waals surface area contributed by atoms with Crippen LogP contribution in [0, 0.1) is 5.92 Å². The van der Waals surface area contributed by atoms with Crippen LogP contribution in [-0.4, -0.2) is 25.2 Å². The lowest BCUT2D eigenvalue weighted by molar-refractivity contribution is -0.175. The highest BCUT2D eigenvalue weighted by molar-refractivity contribution is 5.79. The van der Waals surface area contributed by atoms with Crippen LogP contribution in [0.25, 0.3) is 0 Å². The standard InChI is InChI=1S/C12H21F3O2/c1-3-5-6-10(4-2)7-11(16)8-17-9-12(13,14)15/h10H,3-9H2,1-2H3. The average Bonchev–Trinajstić information content (AvgIpc) is 2.22. The Hall–Kier alpha value is -0.580. The molecule has 0 bridgehead atoms. The number of alkyl halides is 3. The summed E-state index contributed by atoms with van der Waals surface area (Å²) < 4.78 is 39.6. The van der Waals surface area contributed by atoms with Gasteiger partial charge in [0.15, 0.2) is 5.78 Å². The molecule has 0 saturated carbocycles. The number of hydrogen-bond donors (Lipinski definition) is 0. The van der Waals surface area contributed by atoms with Crippen LogP contribution in [0.3, 0.4) is 0 Å². The Morgan fingerprint density at radius 3 is 2.41 bits per heavy atom. The molecular formula is C12H21F3O2. The molecule has 1 unspecified atom stereocenters. The van der Waals surface area contributed by atoms with E-state index in [0.29, 0.717) is 6.42 Å². The summed E-state index contributed by atoms with van der Waals surface area (Å²) in [6.45, 7) is 2.29. The second kappa shape index (κ2) is 8.50. The lowest BCUT2D eigenvalue weighted by Crippen LogP contribution is -2.21. The molecule has 0 heterocycles. The minimum atomic E-state index is -4.35. The number of rotatable bonds is 9. The van der Waals surface area contributed by atoms with Gasteiger partial charge in [0.05, 0.1) is 0 Å². The Balaban J connectivity index is 3.75. The summed E-state index contributed by atoms with van der Waals surface area (Å²) in [6.07, 6.45) is -0.0749. The molecule has 0 N–H and O–H groups in total.